The van der Waals surface area contributed by atoms with Crippen molar-refractivity contribution in [3.05, 3.63) is 161 Å². The van der Waals surface area contributed by atoms with Gasteiger partial charge in [-0.1, -0.05) is 136 Å². The van der Waals surface area contributed by atoms with E-state index >= 15 is 0 Å². The summed E-state index contributed by atoms with van der Waals surface area (Å²) in [6.07, 6.45) is 12.4. The lowest BCUT2D eigenvalue weighted by atomic mass is 9.59. The van der Waals surface area contributed by atoms with Crippen molar-refractivity contribution in [2.75, 3.05) is 4.90 Å². The molecule has 1 heteroatoms. The van der Waals surface area contributed by atoms with E-state index in [1.165, 1.54) is 125 Å². The number of rotatable bonds is 5. The predicted octanol–water partition coefficient (Wildman–Crippen LogP) is 14.5. The molecule has 7 aliphatic rings. The zero-order valence-corrected chi connectivity index (χ0v) is 32.4. The van der Waals surface area contributed by atoms with Gasteiger partial charge in [0.25, 0.3) is 0 Å². The minimum Gasteiger partial charge on any atom is -0.310 e. The Labute approximate surface area is 327 Å². The standard InChI is InChI=1S/C54H51N/c1-53(2)47-20-9-6-18-43(47)45-25-23-40(32-50(45)53)55(52-22-11-8-17-42(52)37-16-12-15-36(30-37)35-13-4-3-5-14-35)41-24-26-46-44-19-7-10-21-48(44)54(51(46)33-41)39-28-34-27-38(31-39)49(54)29-34/h6-12,15-26,30,32-35,38-39,49H,3-5,13-14,27-29,31H2,1-2H3. The van der Waals surface area contributed by atoms with Crippen LogP contribution in [0.4, 0.5) is 17.1 Å². The summed E-state index contributed by atoms with van der Waals surface area (Å²) in [5.74, 6) is 3.99. The molecular weight excluding hydrogens is 663 g/mol. The van der Waals surface area contributed by atoms with Crippen LogP contribution in [0.2, 0.25) is 0 Å². The van der Waals surface area contributed by atoms with Crippen LogP contribution in [0.25, 0.3) is 33.4 Å². The third kappa shape index (κ3) is 4.47. The summed E-state index contributed by atoms with van der Waals surface area (Å²) in [5.41, 5.74) is 19.8. The Morgan fingerprint density at radius 1 is 0.509 bits per heavy atom. The van der Waals surface area contributed by atoms with Crippen molar-refractivity contribution in [1.29, 1.82) is 0 Å². The average Bonchev–Trinajstić information content (AvgIpc) is 3.85. The molecule has 1 nitrogen and oxygen atoms in total. The molecule has 0 N–H and O–H groups in total. The molecule has 272 valence electrons. The topological polar surface area (TPSA) is 3.24 Å². The molecule has 0 saturated heterocycles. The Kier molecular flexibility index (Phi) is 6.95. The Bertz CT molecular complexity index is 2510. The number of nitrogens with zero attached hydrogens (tertiary/aromatic N) is 1. The van der Waals surface area contributed by atoms with Crippen LogP contribution < -0.4 is 4.90 Å². The Morgan fingerprint density at radius 2 is 1.16 bits per heavy atom. The number of para-hydroxylation sites is 1. The normalized spacial score (nSPS) is 26.2. The Hall–Kier alpha value is -4.88. The van der Waals surface area contributed by atoms with Gasteiger partial charge in [-0.15, -0.1) is 0 Å². The quantitative estimate of drug-likeness (QED) is 0.172. The first-order valence-corrected chi connectivity index (χ1v) is 21.5. The van der Waals surface area contributed by atoms with E-state index in [0.717, 1.165) is 23.7 Å². The van der Waals surface area contributed by atoms with Crippen LogP contribution in [-0.2, 0) is 10.8 Å². The van der Waals surface area contributed by atoms with Gasteiger partial charge < -0.3 is 4.90 Å². The highest BCUT2D eigenvalue weighted by molar-refractivity contribution is 5.92. The van der Waals surface area contributed by atoms with E-state index in [1.807, 2.05) is 0 Å². The monoisotopic (exact) mass is 713 g/mol. The van der Waals surface area contributed by atoms with Crippen molar-refractivity contribution in [2.45, 2.75) is 88.4 Å². The minimum absolute atomic E-state index is 0.0762. The summed E-state index contributed by atoms with van der Waals surface area (Å²) in [6.45, 7) is 4.83. The van der Waals surface area contributed by atoms with E-state index < -0.39 is 0 Å². The van der Waals surface area contributed by atoms with Crippen LogP contribution in [0, 0.1) is 23.7 Å². The fourth-order valence-corrected chi connectivity index (χ4v) is 13.7. The molecule has 0 aromatic heterocycles. The Morgan fingerprint density at radius 3 is 1.95 bits per heavy atom. The van der Waals surface area contributed by atoms with Crippen molar-refractivity contribution in [1.82, 2.24) is 0 Å². The maximum atomic E-state index is 2.67. The van der Waals surface area contributed by atoms with E-state index in [0.29, 0.717) is 5.92 Å². The van der Waals surface area contributed by atoms with Gasteiger partial charge in [0, 0.05) is 27.8 Å². The van der Waals surface area contributed by atoms with Gasteiger partial charge in [-0.2, -0.15) is 0 Å². The van der Waals surface area contributed by atoms with Gasteiger partial charge in [0.15, 0.2) is 0 Å². The van der Waals surface area contributed by atoms with Crippen molar-refractivity contribution in [3.8, 4) is 33.4 Å². The van der Waals surface area contributed by atoms with Gasteiger partial charge in [0.1, 0.15) is 0 Å². The molecule has 0 aliphatic heterocycles. The third-order valence-corrected chi connectivity index (χ3v) is 15.8. The zero-order chi connectivity index (χ0) is 36.5. The lowest BCUT2D eigenvalue weighted by Crippen LogP contribution is -2.40. The molecule has 5 atom stereocenters. The molecule has 6 aromatic rings. The highest BCUT2D eigenvalue weighted by atomic mass is 15.1. The van der Waals surface area contributed by atoms with E-state index in [2.05, 4.69) is 152 Å². The molecule has 1 spiro atoms. The number of fused-ring (bicyclic) bond motifs is 6. The van der Waals surface area contributed by atoms with Crippen LogP contribution in [0.5, 0.6) is 0 Å². The molecule has 13 rings (SSSR count). The van der Waals surface area contributed by atoms with E-state index in [4.69, 9.17) is 0 Å². The highest BCUT2D eigenvalue weighted by Gasteiger charge is 2.66. The number of hydrogen-bond acceptors (Lipinski definition) is 1. The molecule has 0 radical (unpaired) electrons. The first-order chi connectivity index (χ1) is 27.0. The van der Waals surface area contributed by atoms with Gasteiger partial charge >= 0.3 is 0 Å². The van der Waals surface area contributed by atoms with E-state index in [-0.39, 0.29) is 10.8 Å². The second-order valence-corrected chi connectivity index (χ2v) is 18.7. The minimum atomic E-state index is -0.0762. The summed E-state index contributed by atoms with van der Waals surface area (Å²) < 4.78 is 0. The predicted molar refractivity (Wildman–Crippen MR) is 229 cm³/mol. The SMILES string of the molecule is CC1(C)c2ccccc2-c2ccc(N(c3ccc4c(c3)C3(c5ccccc5-4)C4CC5CC(C4)C3C5)c3ccccc3-c3cccc(C4CCCCC4)c3)cc21. The fraction of sp³-hybridized carbons (Fsp3) is 0.333. The number of hydrogen-bond donors (Lipinski definition) is 0. The van der Waals surface area contributed by atoms with Crippen LogP contribution in [0.3, 0.4) is 0 Å². The zero-order valence-electron chi connectivity index (χ0n) is 32.4. The first-order valence-electron chi connectivity index (χ1n) is 21.5. The maximum absolute atomic E-state index is 2.67. The van der Waals surface area contributed by atoms with E-state index in [1.54, 1.807) is 11.1 Å². The van der Waals surface area contributed by atoms with Crippen LogP contribution in [-0.4, -0.2) is 0 Å². The largest absolute Gasteiger partial charge is 0.310 e. The molecule has 55 heavy (non-hydrogen) atoms. The summed E-state index contributed by atoms with van der Waals surface area (Å²) in [6, 6.07) is 52.4. The second kappa shape index (κ2) is 11.8. The smallest absolute Gasteiger partial charge is 0.0540 e. The molecule has 4 bridgehead atoms. The Balaban J connectivity index is 1.07. The molecular formula is C54H51N. The molecule has 5 fully saturated rings. The van der Waals surface area contributed by atoms with Crippen LogP contribution in [0.15, 0.2) is 133 Å². The van der Waals surface area contributed by atoms with Crippen molar-refractivity contribution >= 4 is 17.1 Å². The van der Waals surface area contributed by atoms with Crippen LogP contribution in [0.1, 0.15) is 105 Å². The molecule has 0 amide bonds. The summed E-state index contributed by atoms with van der Waals surface area (Å²) in [7, 11) is 0. The average molecular weight is 714 g/mol. The number of anilines is 3. The lowest BCUT2D eigenvalue weighted by molar-refractivity contribution is 0.191. The molecule has 5 unspecified atom stereocenters. The first kappa shape index (κ1) is 32.4. The molecule has 0 heterocycles. The third-order valence-electron chi connectivity index (χ3n) is 15.8. The summed E-state index contributed by atoms with van der Waals surface area (Å²) in [5, 5.41) is 0. The van der Waals surface area contributed by atoms with Crippen molar-refractivity contribution < 1.29 is 0 Å². The summed E-state index contributed by atoms with van der Waals surface area (Å²) >= 11 is 0. The molecule has 7 aliphatic carbocycles. The molecule has 5 saturated carbocycles. The van der Waals surface area contributed by atoms with Gasteiger partial charge in [-0.25, -0.2) is 0 Å². The molecule has 6 aromatic carbocycles. The van der Waals surface area contributed by atoms with Crippen LogP contribution >= 0.6 is 0 Å². The lowest BCUT2D eigenvalue weighted by Gasteiger charge is -2.44. The van der Waals surface area contributed by atoms with Crippen molar-refractivity contribution in [3.63, 3.8) is 0 Å². The second-order valence-electron chi connectivity index (χ2n) is 18.7. The van der Waals surface area contributed by atoms with E-state index in [9.17, 15) is 0 Å². The van der Waals surface area contributed by atoms with Gasteiger partial charge in [-0.05, 0) is 154 Å². The number of benzene rings is 6. The summed E-state index contributed by atoms with van der Waals surface area (Å²) in [4.78, 5) is 2.63. The maximum Gasteiger partial charge on any atom is 0.0540 e. The van der Waals surface area contributed by atoms with Crippen molar-refractivity contribution in [2.24, 2.45) is 23.7 Å². The highest BCUT2D eigenvalue weighted by Crippen LogP contribution is 2.73. The van der Waals surface area contributed by atoms with Gasteiger partial charge in [-0.3, -0.25) is 0 Å². The van der Waals surface area contributed by atoms with Gasteiger partial charge in [0.05, 0.1) is 5.69 Å². The van der Waals surface area contributed by atoms with Gasteiger partial charge in [0.2, 0.25) is 0 Å². The fourth-order valence-electron chi connectivity index (χ4n) is 13.7.